The molecule has 0 bridgehead atoms. The van der Waals surface area contributed by atoms with Gasteiger partial charge in [0.2, 0.25) is 5.91 Å². The van der Waals surface area contributed by atoms with Gasteiger partial charge in [0.1, 0.15) is 5.75 Å². The predicted molar refractivity (Wildman–Crippen MR) is 77.9 cm³/mol. The van der Waals surface area contributed by atoms with Crippen LogP contribution in [0.3, 0.4) is 0 Å². The fourth-order valence-electron chi connectivity index (χ4n) is 2.44. The molecule has 0 aliphatic carbocycles. The largest absolute Gasteiger partial charge is 0.497 e. The van der Waals surface area contributed by atoms with Gasteiger partial charge < -0.3 is 14.8 Å². The molecule has 2 rings (SSSR count). The van der Waals surface area contributed by atoms with Crippen molar-refractivity contribution in [2.75, 3.05) is 26.9 Å². The minimum absolute atomic E-state index is 0.0854. The van der Waals surface area contributed by atoms with Crippen LogP contribution < -0.4 is 10.1 Å². The molecule has 1 saturated heterocycles. The Kier molecular flexibility index (Phi) is 5.87. The van der Waals surface area contributed by atoms with E-state index >= 15 is 0 Å². The molecule has 0 saturated carbocycles. The van der Waals surface area contributed by atoms with Gasteiger partial charge in [-0.2, -0.15) is 0 Å². The highest BCUT2D eigenvalue weighted by atomic mass is 16.5. The minimum atomic E-state index is 0.0854. The third-order valence-electron chi connectivity index (χ3n) is 3.74. The van der Waals surface area contributed by atoms with Gasteiger partial charge in [-0.15, -0.1) is 0 Å². The van der Waals surface area contributed by atoms with Crippen LogP contribution in [-0.4, -0.2) is 32.8 Å². The van der Waals surface area contributed by atoms with Crippen molar-refractivity contribution < 1.29 is 14.3 Å². The minimum Gasteiger partial charge on any atom is -0.497 e. The van der Waals surface area contributed by atoms with E-state index in [-0.39, 0.29) is 5.91 Å². The van der Waals surface area contributed by atoms with E-state index in [2.05, 4.69) is 5.32 Å². The lowest BCUT2D eigenvalue weighted by atomic mass is 9.97. The maximum Gasteiger partial charge on any atom is 0.224 e. The van der Waals surface area contributed by atoms with Crippen molar-refractivity contribution >= 4 is 5.91 Å². The molecule has 4 nitrogen and oxygen atoms in total. The standard InChI is InChI=1S/C16H23NO3/c1-19-15-4-2-14(3-5-15)12-16(18)17-9-6-13-7-10-20-11-8-13/h2-5,13H,6-12H2,1H3,(H,17,18). The van der Waals surface area contributed by atoms with E-state index in [1.807, 2.05) is 24.3 Å². The first-order chi connectivity index (χ1) is 9.78. The molecule has 110 valence electrons. The van der Waals surface area contributed by atoms with E-state index in [0.717, 1.165) is 50.3 Å². The van der Waals surface area contributed by atoms with Crippen molar-refractivity contribution in [1.82, 2.24) is 5.32 Å². The summed E-state index contributed by atoms with van der Waals surface area (Å²) in [5.41, 5.74) is 1.01. The van der Waals surface area contributed by atoms with Crippen LogP contribution in [-0.2, 0) is 16.0 Å². The number of benzene rings is 1. The third kappa shape index (κ3) is 4.85. The lowest BCUT2D eigenvalue weighted by Crippen LogP contribution is -2.28. The van der Waals surface area contributed by atoms with E-state index in [9.17, 15) is 4.79 Å². The van der Waals surface area contributed by atoms with Crippen LogP contribution in [0.15, 0.2) is 24.3 Å². The highest BCUT2D eigenvalue weighted by molar-refractivity contribution is 5.78. The molecule has 0 unspecified atom stereocenters. The number of amides is 1. The van der Waals surface area contributed by atoms with E-state index in [0.29, 0.717) is 12.3 Å². The van der Waals surface area contributed by atoms with Crippen molar-refractivity contribution in [2.24, 2.45) is 5.92 Å². The van der Waals surface area contributed by atoms with E-state index in [4.69, 9.17) is 9.47 Å². The van der Waals surface area contributed by atoms with Gasteiger partial charge in [0.15, 0.2) is 0 Å². The summed E-state index contributed by atoms with van der Waals surface area (Å²) in [5.74, 6) is 1.60. The third-order valence-corrected chi connectivity index (χ3v) is 3.74. The molecule has 1 aromatic rings. The zero-order valence-electron chi connectivity index (χ0n) is 12.1. The van der Waals surface area contributed by atoms with Gasteiger partial charge in [-0.25, -0.2) is 0 Å². The Morgan fingerprint density at radius 1 is 1.30 bits per heavy atom. The zero-order chi connectivity index (χ0) is 14.2. The Morgan fingerprint density at radius 3 is 2.65 bits per heavy atom. The van der Waals surface area contributed by atoms with Crippen molar-refractivity contribution in [3.63, 3.8) is 0 Å². The van der Waals surface area contributed by atoms with Gasteiger partial charge >= 0.3 is 0 Å². The lowest BCUT2D eigenvalue weighted by Gasteiger charge is -2.21. The second-order valence-electron chi connectivity index (χ2n) is 5.22. The molecule has 1 aliphatic heterocycles. The van der Waals surface area contributed by atoms with Gasteiger partial charge in [0.25, 0.3) is 0 Å². The van der Waals surface area contributed by atoms with Gasteiger partial charge in [-0.1, -0.05) is 12.1 Å². The molecule has 1 amide bonds. The van der Waals surface area contributed by atoms with Crippen LogP contribution >= 0.6 is 0 Å². The summed E-state index contributed by atoms with van der Waals surface area (Å²) in [4.78, 5) is 11.8. The number of ether oxygens (including phenoxy) is 2. The number of carbonyl (C=O) groups is 1. The van der Waals surface area contributed by atoms with Gasteiger partial charge in [0, 0.05) is 19.8 Å². The fourth-order valence-corrected chi connectivity index (χ4v) is 2.44. The highest BCUT2D eigenvalue weighted by Crippen LogP contribution is 2.17. The monoisotopic (exact) mass is 277 g/mol. The molecular formula is C16H23NO3. The Bertz CT molecular complexity index is 410. The number of carbonyl (C=O) groups excluding carboxylic acids is 1. The topological polar surface area (TPSA) is 47.6 Å². The summed E-state index contributed by atoms with van der Waals surface area (Å²) in [5, 5.41) is 3.00. The van der Waals surface area contributed by atoms with Crippen LogP contribution in [0.5, 0.6) is 5.75 Å². The first kappa shape index (κ1) is 14.9. The summed E-state index contributed by atoms with van der Waals surface area (Å²) in [7, 11) is 1.64. The SMILES string of the molecule is COc1ccc(CC(=O)NCCC2CCOCC2)cc1. The van der Waals surface area contributed by atoms with Gasteiger partial charge in [-0.05, 0) is 42.9 Å². The molecule has 4 heteroatoms. The molecule has 0 radical (unpaired) electrons. The van der Waals surface area contributed by atoms with E-state index in [1.54, 1.807) is 7.11 Å². The quantitative estimate of drug-likeness (QED) is 0.867. The molecule has 1 N–H and O–H groups in total. The normalized spacial score (nSPS) is 15.8. The maximum absolute atomic E-state index is 11.8. The Labute approximate surface area is 120 Å². The summed E-state index contributed by atoms with van der Waals surface area (Å²) in [6.07, 6.45) is 3.72. The first-order valence-electron chi connectivity index (χ1n) is 7.25. The number of hydrogen-bond donors (Lipinski definition) is 1. The summed E-state index contributed by atoms with van der Waals surface area (Å²) >= 11 is 0. The molecule has 1 fully saturated rings. The average molecular weight is 277 g/mol. The maximum atomic E-state index is 11.8. The Balaban J connectivity index is 1.66. The van der Waals surface area contributed by atoms with E-state index in [1.165, 1.54) is 0 Å². The summed E-state index contributed by atoms with van der Waals surface area (Å²) in [6.45, 7) is 2.49. The fraction of sp³-hybridized carbons (Fsp3) is 0.562. The predicted octanol–water partition coefficient (Wildman–Crippen LogP) is 2.17. The van der Waals surface area contributed by atoms with E-state index < -0.39 is 0 Å². The van der Waals surface area contributed by atoms with Crippen LogP contribution in [0.25, 0.3) is 0 Å². The molecule has 1 aromatic carbocycles. The van der Waals surface area contributed by atoms with Crippen molar-refractivity contribution in [2.45, 2.75) is 25.7 Å². The van der Waals surface area contributed by atoms with Crippen molar-refractivity contribution in [3.8, 4) is 5.75 Å². The zero-order valence-corrected chi connectivity index (χ0v) is 12.1. The summed E-state index contributed by atoms with van der Waals surface area (Å²) in [6, 6.07) is 7.61. The second kappa shape index (κ2) is 7.90. The number of rotatable bonds is 6. The number of methoxy groups -OCH3 is 1. The average Bonchev–Trinajstić information content (AvgIpc) is 2.49. The second-order valence-corrected chi connectivity index (χ2v) is 5.22. The van der Waals surface area contributed by atoms with Crippen LogP contribution in [0.1, 0.15) is 24.8 Å². The smallest absolute Gasteiger partial charge is 0.224 e. The molecule has 0 atom stereocenters. The summed E-state index contributed by atoms with van der Waals surface area (Å²) < 4.78 is 10.4. The van der Waals surface area contributed by atoms with Gasteiger partial charge in [-0.3, -0.25) is 4.79 Å². The highest BCUT2D eigenvalue weighted by Gasteiger charge is 2.13. The van der Waals surface area contributed by atoms with Crippen molar-refractivity contribution in [3.05, 3.63) is 29.8 Å². The van der Waals surface area contributed by atoms with Crippen LogP contribution in [0.2, 0.25) is 0 Å². The molecule has 1 heterocycles. The Morgan fingerprint density at radius 2 is 2.00 bits per heavy atom. The molecule has 1 aliphatic rings. The molecule has 0 aromatic heterocycles. The lowest BCUT2D eigenvalue weighted by molar-refractivity contribution is -0.120. The molecule has 20 heavy (non-hydrogen) atoms. The van der Waals surface area contributed by atoms with Gasteiger partial charge in [0.05, 0.1) is 13.5 Å². The van der Waals surface area contributed by atoms with Crippen LogP contribution in [0.4, 0.5) is 0 Å². The number of nitrogens with one attached hydrogen (secondary N) is 1. The van der Waals surface area contributed by atoms with Crippen LogP contribution in [0, 0.1) is 5.92 Å². The number of hydrogen-bond acceptors (Lipinski definition) is 3. The first-order valence-corrected chi connectivity index (χ1v) is 7.25. The molecular weight excluding hydrogens is 254 g/mol. The molecule has 0 spiro atoms. The van der Waals surface area contributed by atoms with Crippen molar-refractivity contribution in [1.29, 1.82) is 0 Å². The Hall–Kier alpha value is -1.55.